The number of rotatable bonds is 4. The maximum absolute atomic E-state index is 6.05. The van der Waals surface area contributed by atoms with Gasteiger partial charge in [0.05, 0.1) is 16.5 Å². The van der Waals surface area contributed by atoms with Gasteiger partial charge < -0.3 is 10.1 Å². The first kappa shape index (κ1) is 12.1. The maximum Gasteiger partial charge on any atom is 0.321 e. The molecule has 0 aliphatic rings. The molecule has 2 rings (SSSR count). The van der Waals surface area contributed by atoms with Crippen molar-refractivity contribution in [3.8, 4) is 16.7 Å². The quantitative estimate of drug-likeness (QED) is 0.926. The highest BCUT2D eigenvalue weighted by molar-refractivity contribution is 7.14. The predicted molar refractivity (Wildman–Crippen MR) is 68.9 cm³/mol. The van der Waals surface area contributed by atoms with Crippen LogP contribution in [0.25, 0.3) is 10.7 Å². The zero-order valence-corrected chi connectivity index (χ0v) is 11.0. The van der Waals surface area contributed by atoms with Gasteiger partial charge in [-0.05, 0) is 18.4 Å². The van der Waals surface area contributed by atoms with Crippen LogP contribution in [0.4, 0.5) is 5.95 Å². The number of hydrogen-bond donors (Lipinski definition) is 1. The van der Waals surface area contributed by atoms with Crippen molar-refractivity contribution in [1.82, 2.24) is 15.0 Å². The second-order valence-corrected chi connectivity index (χ2v) is 4.37. The van der Waals surface area contributed by atoms with Gasteiger partial charge in [-0.15, -0.1) is 11.3 Å². The van der Waals surface area contributed by atoms with Gasteiger partial charge in [0.2, 0.25) is 5.95 Å². The van der Waals surface area contributed by atoms with Crippen molar-refractivity contribution in [3.63, 3.8) is 0 Å². The van der Waals surface area contributed by atoms with Crippen LogP contribution in [-0.2, 0) is 0 Å². The number of aromatic nitrogens is 3. The SMILES string of the molecule is CCOc1nc(NC)nc(-c2sccc2Cl)n1. The van der Waals surface area contributed by atoms with Crippen LogP contribution in [0.1, 0.15) is 6.92 Å². The average molecular weight is 271 g/mol. The van der Waals surface area contributed by atoms with Crippen molar-refractivity contribution in [2.75, 3.05) is 19.0 Å². The topological polar surface area (TPSA) is 59.9 Å². The maximum atomic E-state index is 6.05. The molecule has 0 atom stereocenters. The monoisotopic (exact) mass is 270 g/mol. The molecule has 0 spiro atoms. The van der Waals surface area contributed by atoms with Crippen LogP contribution in [0.5, 0.6) is 6.01 Å². The zero-order chi connectivity index (χ0) is 12.3. The third kappa shape index (κ3) is 2.65. The van der Waals surface area contributed by atoms with Gasteiger partial charge in [0, 0.05) is 7.05 Å². The van der Waals surface area contributed by atoms with E-state index in [1.54, 1.807) is 7.05 Å². The number of nitrogens with one attached hydrogen (secondary N) is 1. The molecule has 0 radical (unpaired) electrons. The minimum atomic E-state index is 0.298. The smallest absolute Gasteiger partial charge is 0.321 e. The summed E-state index contributed by atoms with van der Waals surface area (Å²) in [4.78, 5) is 13.4. The molecule has 7 heteroatoms. The Morgan fingerprint density at radius 1 is 1.41 bits per heavy atom. The molecular weight excluding hydrogens is 260 g/mol. The van der Waals surface area contributed by atoms with E-state index in [4.69, 9.17) is 16.3 Å². The van der Waals surface area contributed by atoms with Crippen LogP contribution in [0.3, 0.4) is 0 Å². The second-order valence-electron chi connectivity index (χ2n) is 3.05. The van der Waals surface area contributed by atoms with Crippen molar-refractivity contribution in [2.45, 2.75) is 6.92 Å². The molecule has 0 saturated heterocycles. The van der Waals surface area contributed by atoms with Gasteiger partial charge in [-0.1, -0.05) is 11.6 Å². The summed E-state index contributed by atoms with van der Waals surface area (Å²) in [5.41, 5.74) is 0. The Morgan fingerprint density at radius 2 is 2.24 bits per heavy atom. The Bertz CT molecular complexity index is 517. The molecule has 0 aromatic carbocycles. The highest BCUT2D eigenvalue weighted by Gasteiger charge is 2.12. The first-order valence-electron chi connectivity index (χ1n) is 5.04. The van der Waals surface area contributed by atoms with Crippen LogP contribution in [0.2, 0.25) is 5.02 Å². The summed E-state index contributed by atoms with van der Waals surface area (Å²) in [7, 11) is 1.74. The number of hydrogen-bond acceptors (Lipinski definition) is 6. The normalized spacial score (nSPS) is 10.3. The number of nitrogens with zero attached hydrogens (tertiary/aromatic N) is 3. The third-order valence-corrected chi connectivity index (χ3v) is 3.27. The molecule has 0 amide bonds. The molecule has 0 saturated carbocycles. The fourth-order valence-corrected chi connectivity index (χ4v) is 2.29. The highest BCUT2D eigenvalue weighted by Crippen LogP contribution is 2.31. The molecule has 2 aromatic rings. The van der Waals surface area contributed by atoms with Gasteiger partial charge in [0.25, 0.3) is 0 Å². The van der Waals surface area contributed by atoms with E-state index in [1.165, 1.54) is 11.3 Å². The molecule has 0 aliphatic heterocycles. The molecule has 0 aliphatic carbocycles. The van der Waals surface area contributed by atoms with E-state index in [0.29, 0.717) is 29.4 Å². The molecule has 90 valence electrons. The van der Waals surface area contributed by atoms with Crippen LogP contribution in [0.15, 0.2) is 11.4 Å². The van der Waals surface area contributed by atoms with E-state index < -0.39 is 0 Å². The molecule has 2 aromatic heterocycles. The average Bonchev–Trinajstić information content (AvgIpc) is 2.75. The molecule has 1 N–H and O–H groups in total. The van der Waals surface area contributed by atoms with Gasteiger partial charge >= 0.3 is 6.01 Å². The van der Waals surface area contributed by atoms with E-state index in [9.17, 15) is 0 Å². The van der Waals surface area contributed by atoms with Gasteiger partial charge in [-0.2, -0.15) is 15.0 Å². The fraction of sp³-hybridized carbons (Fsp3) is 0.300. The minimum Gasteiger partial charge on any atom is -0.464 e. The Balaban J connectivity index is 2.46. The fourth-order valence-electron chi connectivity index (χ4n) is 1.22. The van der Waals surface area contributed by atoms with Gasteiger partial charge in [0.15, 0.2) is 5.82 Å². The molecule has 0 bridgehead atoms. The number of ether oxygens (including phenoxy) is 1. The Kier molecular flexibility index (Phi) is 3.75. The second kappa shape index (κ2) is 5.29. The van der Waals surface area contributed by atoms with Crippen molar-refractivity contribution in [2.24, 2.45) is 0 Å². The van der Waals surface area contributed by atoms with E-state index in [0.717, 1.165) is 4.88 Å². The molecule has 17 heavy (non-hydrogen) atoms. The van der Waals surface area contributed by atoms with Gasteiger partial charge in [-0.3, -0.25) is 0 Å². The van der Waals surface area contributed by atoms with E-state index in [1.807, 2.05) is 18.4 Å². The van der Waals surface area contributed by atoms with Crippen LogP contribution < -0.4 is 10.1 Å². The van der Waals surface area contributed by atoms with Crippen molar-refractivity contribution >= 4 is 28.9 Å². The lowest BCUT2D eigenvalue weighted by Crippen LogP contribution is -2.04. The van der Waals surface area contributed by atoms with Crippen molar-refractivity contribution < 1.29 is 4.74 Å². The zero-order valence-electron chi connectivity index (χ0n) is 9.40. The predicted octanol–water partition coefficient (Wildman–Crippen LogP) is 2.69. The first-order valence-corrected chi connectivity index (χ1v) is 6.30. The highest BCUT2D eigenvalue weighted by atomic mass is 35.5. The van der Waals surface area contributed by atoms with Crippen LogP contribution in [-0.4, -0.2) is 28.6 Å². The largest absolute Gasteiger partial charge is 0.464 e. The summed E-state index contributed by atoms with van der Waals surface area (Å²) < 4.78 is 5.29. The Labute approximate surface area is 108 Å². The van der Waals surface area contributed by atoms with Crippen LogP contribution >= 0.6 is 22.9 Å². The lowest BCUT2D eigenvalue weighted by molar-refractivity contribution is 0.312. The summed E-state index contributed by atoms with van der Waals surface area (Å²) in [5.74, 6) is 0.982. The number of thiophene rings is 1. The number of anilines is 1. The van der Waals surface area contributed by atoms with E-state index in [-0.39, 0.29) is 0 Å². The van der Waals surface area contributed by atoms with Crippen molar-refractivity contribution in [3.05, 3.63) is 16.5 Å². The standard InChI is InChI=1S/C10H11ClN4OS/c1-3-16-10-14-8(13-9(12-2)15-10)7-6(11)4-5-17-7/h4-5H,3H2,1-2H3,(H,12,13,14,15). The summed E-state index contributed by atoms with van der Waals surface area (Å²) in [5, 5.41) is 5.39. The third-order valence-electron chi connectivity index (χ3n) is 1.93. The Hall–Kier alpha value is -1.40. The van der Waals surface area contributed by atoms with Crippen LogP contribution in [0, 0.1) is 0 Å². The Morgan fingerprint density at radius 3 is 2.82 bits per heavy atom. The minimum absolute atomic E-state index is 0.298. The van der Waals surface area contributed by atoms with Gasteiger partial charge in [0.1, 0.15) is 0 Å². The lowest BCUT2D eigenvalue weighted by atomic mass is 10.4. The van der Waals surface area contributed by atoms with Gasteiger partial charge in [-0.25, -0.2) is 0 Å². The van der Waals surface area contributed by atoms with E-state index in [2.05, 4.69) is 20.3 Å². The first-order chi connectivity index (χ1) is 8.24. The molecule has 5 nitrogen and oxygen atoms in total. The number of halogens is 1. The summed E-state index contributed by atoms with van der Waals surface area (Å²) >= 11 is 7.53. The summed E-state index contributed by atoms with van der Waals surface area (Å²) in [6, 6.07) is 2.11. The molecule has 2 heterocycles. The molecular formula is C10H11ClN4OS. The van der Waals surface area contributed by atoms with Crippen molar-refractivity contribution in [1.29, 1.82) is 0 Å². The molecule has 0 unspecified atom stereocenters. The van der Waals surface area contributed by atoms with E-state index >= 15 is 0 Å². The molecule has 0 fully saturated rings. The summed E-state index contributed by atoms with van der Waals surface area (Å²) in [6.45, 7) is 2.38. The lowest BCUT2D eigenvalue weighted by Gasteiger charge is -2.05. The summed E-state index contributed by atoms with van der Waals surface area (Å²) in [6.07, 6.45) is 0.